The quantitative estimate of drug-likeness (QED) is 0.499. The summed E-state index contributed by atoms with van der Waals surface area (Å²) in [6.45, 7) is 2.56. The van der Waals surface area contributed by atoms with E-state index in [0.29, 0.717) is 21.9 Å². The molecule has 0 N–H and O–H groups in total. The number of aromatic nitrogens is 3. The lowest BCUT2D eigenvalue weighted by Gasteiger charge is -2.02. The fourth-order valence-electron chi connectivity index (χ4n) is 2.56. The number of nitrogens with zero attached hydrogens (tertiary/aromatic N) is 3. The molecule has 0 saturated carbocycles. The topological polar surface area (TPSA) is 56.5 Å². The van der Waals surface area contributed by atoms with Gasteiger partial charge in [-0.3, -0.25) is 4.79 Å². The molecular formula is C19H14BrN3O2S. The van der Waals surface area contributed by atoms with Crippen LogP contribution in [0.25, 0.3) is 22.4 Å². The van der Waals surface area contributed by atoms with Gasteiger partial charge in [0.05, 0.1) is 11.1 Å². The monoisotopic (exact) mass is 427 g/mol. The summed E-state index contributed by atoms with van der Waals surface area (Å²) in [6.07, 6.45) is 1.85. The van der Waals surface area contributed by atoms with Crippen molar-refractivity contribution in [1.82, 2.24) is 14.6 Å². The van der Waals surface area contributed by atoms with Crippen molar-refractivity contribution in [2.45, 2.75) is 6.92 Å². The molecule has 2 aromatic carbocycles. The third-order valence-electron chi connectivity index (χ3n) is 3.80. The van der Waals surface area contributed by atoms with Gasteiger partial charge in [-0.1, -0.05) is 45.5 Å². The summed E-state index contributed by atoms with van der Waals surface area (Å²) in [5.41, 5.74) is 1.63. The average molecular weight is 428 g/mol. The Bertz CT molecular complexity index is 1180. The van der Waals surface area contributed by atoms with Gasteiger partial charge in [0, 0.05) is 10.0 Å². The number of hydrogen-bond acceptors (Lipinski definition) is 5. The van der Waals surface area contributed by atoms with E-state index in [1.165, 1.54) is 15.9 Å². The molecule has 7 heteroatoms. The lowest BCUT2D eigenvalue weighted by Crippen LogP contribution is -2.23. The van der Waals surface area contributed by atoms with Crippen LogP contribution in [-0.2, 0) is 0 Å². The Kier molecular flexibility index (Phi) is 4.57. The molecule has 2 heterocycles. The largest absolute Gasteiger partial charge is 0.494 e. The number of benzene rings is 2. The van der Waals surface area contributed by atoms with Crippen LogP contribution in [0.5, 0.6) is 5.75 Å². The zero-order valence-corrected chi connectivity index (χ0v) is 16.3. The van der Waals surface area contributed by atoms with Crippen molar-refractivity contribution in [3.63, 3.8) is 0 Å². The first kappa shape index (κ1) is 16.9. The van der Waals surface area contributed by atoms with Gasteiger partial charge in [-0.25, -0.2) is 0 Å². The van der Waals surface area contributed by atoms with E-state index in [2.05, 4.69) is 26.0 Å². The van der Waals surface area contributed by atoms with Crippen LogP contribution in [0, 0.1) is 0 Å². The minimum absolute atomic E-state index is 0.162. The second-order valence-corrected chi connectivity index (χ2v) is 7.39. The third-order valence-corrected chi connectivity index (χ3v) is 5.48. The molecule has 4 aromatic rings. The molecule has 0 bridgehead atoms. The van der Waals surface area contributed by atoms with Gasteiger partial charge in [-0.05, 0) is 48.9 Å². The maximum absolute atomic E-state index is 12.6. The summed E-state index contributed by atoms with van der Waals surface area (Å²) in [5.74, 6) is 1.33. The van der Waals surface area contributed by atoms with Gasteiger partial charge < -0.3 is 4.74 Å². The second-order valence-electron chi connectivity index (χ2n) is 5.52. The van der Waals surface area contributed by atoms with E-state index < -0.39 is 0 Å². The highest BCUT2D eigenvalue weighted by atomic mass is 79.9. The molecule has 0 unspecified atom stereocenters. The molecule has 5 nitrogen and oxygen atoms in total. The first-order valence-corrected chi connectivity index (χ1v) is 9.65. The van der Waals surface area contributed by atoms with Crippen LogP contribution < -0.4 is 14.8 Å². The molecule has 4 rings (SSSR count). The number of hydrogen-bond donors (Lipinski definition) is 0. The van der Waals surface area contributed by atoms with E-state index in [4.69, 9.17) is 4.74 Å². The molecule has 0 aliphatic heterocycles. The van der Waals surface area contributed by atoms with Crippen LogP contribution in [0.3, 0.4) is 0 Å². The fraction of sp³-hybridized carbons (Fsp3) is 0.105. The van der Waals surface area contributed by atoms with Crippen molar-refractivity contribution in [1.29, 1.82) is 0 Å². The molecule has 2 aromatic heterocycles. The summed E-state index contributed by atoms with van der Waals surface area (Å²) in [5, 5.41) is 4.37. The van der Waals surface area contributed by atoms with Crippen LogP contribution in [0.15, 0.2) is 57.8 Å². The molecule has 0 spiro atoms. The number of thiazole rings is 1. The molecule has 0 saturated heterocycles. The summed E-state index contributed by atoms with van der Waals surface area (Å²) < 4.78 is 8.34. The third kappa shape index (κ3) is 3.15. The molecule has 0 fully saturated rings. The Morgan fingerprint density at radius 1 is 1.19 bits per heavy atom. The Morgan fingerprint density at radius 2 is 1.96 bits per heavy atom. The van der Waals surface area contributed by atoms with Crippen molar-refractivity contribution in [2.75, 3.05) is 6.61 Å². The van der Waals surface area contributed by atoms with Crippen molar-refractivity contribution in [2.24, 2.45) is 0 Å². The van der Waals surface area contributed by atoms with Crippen LogP contribution in [-0.4, -0.2) is 21.2 Å². The van der Waals surface area contributed by atoms with E-state index in [0.717, 1.165) is 21.3 Å². The average Bonchev–Trinajstić information content (AvgIpc) is 3.18. The first-order valence-electron chi connectivity index (χ1n) is 8.05. The van der Waals surface area contributed by atoms with E-state index in [9.17, 15) is 4.79 Å². The van der Waals surface area contributed by atoms with Gasteiger partial charge in [0.15, 0.2) is 5.82 Å². The summed E-state index contributed by atoms with van der Waals surface area (Å²) >= 11 is 4.82. The second kappa shape index (κ2) is 7.01. The highest BCUT2D eigenvalue weighted by Crippen LogP contribution is 2.21. The smallest absolute Gasteiger partial charge is 0.291 e. The van der Waals surface area contributed by atoms with Crippen LogP contribution >= 0.6 is 27.3 Å². The molecular weight excluding hydrogens is 414 g/mol. The van der Waals surface area contributed by atoms with Gasteiger partial charge in [-0.15, -0.1) is 5.10 Å². The minimum atomic E-state index is -0.162. The Labute approximate surface area is 161 Å². The van der Waals surface area contributed by atoms with Gasteiger partial charge in [0.2, 0.25) is 4.96 Å². The standard InChI is InChI=1S/C19H14BrN3O2S/c1-2-25-14-9-7-12(8-10-14)17-21-19-23(22-17)18(24)16(26-19)11-13-5-3-4-6-15(13)20/h3-11H,2H2,1H3/b16-11-. The highest BCUT2D eigenvalue weighted by Gasteiger charge is 2.12. The SMILES string of the molecule is CCOc1ccc(-c2nc3s/c(=C\c4ccccc4Br)c(=O)n3n2)cc1. The van der Waals surface area contributed by atoms with Gasteiger partial charge >= 0.3 is 0 Å². The van der Waals surface area contributed by atoms with Crippen molar-refractivity contribution < 1.29 is 4.74 Å². The maximum Gasteiger partial charge on any atom is 0.291 e. The predicted molar refractivity (Wildman–Crippen MR) is 107 cm³/mol. The first-order chi connectivity index (χ1) is 12.7. The fourth-order valence-corrected chi connectivity index (χ4v) is 3.85. The zero-order chi connectivity index (χ0) is 18.1. The van der Waals surface area contributed by atoms with Crippen molar-refractivity contribution >= 4 is 38.3 Å². The predicted octanol–water partition coefficient (Wildman–Crippen LogP) is 3.53. The molecule has 0 radical (unpaired) electrons. The Morgan fingerprint density at radius 3 is 2.65 bits per heavy atom. The van der Waals surface area contributed by atoms with E-state index >= 15 is 0 Å². The summed E-state index contributed by atoms with van der Waals surface area (Å²) in [4.78, 5) is 17.7. The normalized spacial score (nSPS) is 12.0. The van der Waals surface area contributed by atoms with Crippen LogP contribution in [0.2, 0.25) is 0 Å². The molecule has 0 amide bonds. The van der Waals surface area contributed by atoms with E-state index in [1.807, 2.05) is 61.5 Å². The Hall–Kier alpha value is -2.51. The lowest BCUT2D eigenvalue weighted by atomic mass is 10.2. The molecule has 130 valence electrons. The van der Waals surface area contributed by atoms with E-state index in [1.54, 1.807) is 0 Å². The maximum atomic E-state index is 12.6. The van der Waals surface area contributed by atoms with Crippen LogP contribution in [0.4, 0.5) is 0 Å². The van der Waals surface area contributed by atoms with Crippen LogP contribution in [0.1, 0.15) is 12.5 Å². The summed E-state index contributed by atoms with van der Waals surface area (Å²) in [6, 6.07) is 15.3. The summed E-state index contributed by atoms with van der Waals surface area (Å²) in [7, 11) is 0. The van der Waals surface area contributed by atoms with Gasteiger partial charge in [0.25, 0.3) is 5.56 Å². The number of fused-ring (bicyclic) bond motifs is 1. The Balaban J connectivity index is 1.74. The molecule has 0 atom stereocenters. The van der Waals surface area contributed by atoms with Gasteiger partial charge in [0.1, 0.15) is 5.75 Å². The van der Waals surface area contributed by atoms with Gasteiger partial charge in [-0.2, -0.15) is 9.50 Å². The van der Waals surface area contributed by atoms with Crippen molar-refractivity contribution in [3.05, 3.63) is 73.5 Å². The number of ether oxygens (including phenoxy) is 1. The highest BCUT2D eigenvalue weighted by molar-refractivity contribution is 9.10. The molecule has 0 aliphatic rings. The minimum Gasteiger partial charge on any atom is -0.494 e. The number of rotatable bonds is 4. The molecule has 26 heavy (non-hydrogen) atoms. The van der Waals surface area contributed by atoms with E-state index in [-0.39, 0.29) is 5.56 Å². The van der Waals surface area contributed by atoms with Crippen molar-refractivity contribution in [3.8, 4) is 17.1 Å². The zero-order valence-electron chi connectivity index (χ0n) is 13.8. The lowest BCUT2D eigenvalue weighted by molar-refractivity contribution is 0.340. The number of halogens is 1. The molecule has 0 aliphatic carbocycles.